The molecule has 0 aliphatic carbocycles. The van der Waals surface area contributed by atoms with Crippen molar-refractivity contribution in [2.24, 2.45) is 0 Å². The fourth-order valence-electron chi connectivity index (χ4n) is 2.89. The smallest absolute Gasteiger partial charge is 0.330 e. The Balaban J connectivity index is 1.99. The van der Waals surface area contributed by atoms with E-state index in [9.17, 15) is 31.4 Å². The number of sulfonamides is 1. The predicted octanol–water partition coefficient (Wildman–Crippen LogP) is 1.81. The summed E-state index contributed by atoms with van der Waals surface area (Å²) in [6.07, 6.45) is 1.79. The predicted molar refractivity (Wildman–Crippen MR) is 106 cm³/mol. The van der Waals surface area contributed by atoms with Crippen LogP contribution in [0, 0.1) is 12.7 Å². The Morgan fingerprint density at radius 2 is 1.90 bits per heavy atom. The van der Waals surface area contributed by atoms with E-state index in [-0.39, 0.29) is 12.0 Å². The topological polar surface area (TPSA) is 136 Å². The van der Waals surface area contributed by atoms with Crippen LogP contribution in [-0.2, 0) is 26.7 Å². The zero-order valence-electron chi connectivity index (χ0n) is 15.3. The van der Waals surface area contributed by atoms with Gasteiger partial charge in [-0.3, -0.25) is 4.72 Å². The summed E-state index contributed by atoms with van der Waals surface area (Å²) in [5.74, 6) is -2.42. The number of aromatic hydroxyl groups is 1. The van der Waals surface area contributed by atoms with Crippen LogP contribution >= 0.6 is 0 Å². The molecule has 2 aromatic carbocycles. The van der Waals surface area contributed by atoms with E-state index in [0.717, 1.165) is 24.1 Å². The number of aliphatic hydroxyl groups excluding tert-OH is 1. The minimum atomic E-state index is -4.27. The van der Waals surface area contributed by atoms with E-state index in [1.165, 1.54) is 6.07 Å². The van der Waals surface area contributed by atoms with Gasteiger partial charge in [0.1, 0.15) is 11.4 Å². The van der Waals surface area contributed by atoms with E-state index in [2.05, 4.69) is 4.72 Å². The Hall–Kier alpha value is -2.99. The van der Waals surface area contributed by atoms with Gasteiger partial charge in [-0.15, -0.1) is 0 Å². The molecule has 0 spiro atoms. The van der Waals surface area contributed by atoms with Crippen LogP contribution in [0.5, 0.6) is 5.75 Å². The molecule has 9 nitrogen and oxygen atoms in total. The van der Waals surface area contributed by atoms with Gasteiger partial charge in [0.15, 0.2) is 5.82 Å². The zero-order chi connectivity index (χ0) is 21.6. The van der Waals surface area contributed by atoms with Crippen molar-refractivity contribution >= 4 is 31.6 Å². The lowest BCUT2D eigenvalue weighted by Crippen LogP contribution is -2.30. The second-order valence-corrected chi connectivity index (χ2v) is 9.87. The normalized spacial score (nSPS) is 15.7. The quantitative estimate of drug-likeness (QED) is 0.557. The molecule has 1 aliphatic rings. The van der Waals surface area contributed by atoms with E-state index in [1.807, 2.05) is 0 Å². The molecule has 29 heavy (non-hydrogen) atoms. The second-order valence-electron chi connectivity index (χ2n) is 6.57. The van der Waals surface area contributed by atoms with Gasteiger partial charge in [-0.25, -0.2) is 21.8 Å². The van der Waals surface area contributed by atoms with Crippen molar-refractivity contribution in [2.75, 3.05) is 15.3 Å². The van der Waals surface area contributed by atoms with Gasteiger partial charge in [-0.1, -0.05) is 12.1 Å². The summed E-state index contributed by atoms with van der Waals surface area (Å²) in [6.45, 7) is 1.78. The highest BCUT2D eigenvalue weighted by Crippen LogP contribution is 2.36. The molecule has 0 aromatic heterocycles. The number of anilines is 2. The molecular formula is C17H18FN3O6S2. The van der Waals surface area contributed by atoms with Crippen LogP contribution in [0.4, 0.5) is 15.8 Å². The van der Waals surface area contributed by atoms with Gasteiger partial charge in [-0.05, 0) is 48.2 Å². The Kier molecular flexibility index (Phi) is 5.09. The molecule has 1 heterocycles. The van der Waals surface area contributed by atoms with E-state index in [0.29, 0.717) is 15.6 Å². The number of hydrogen-bond donors (Lipinski definition) is 4. The maximum Gasteiger partial charge on any atom is 0.330 e. The van der Waals surface area contributed by atoms with Crippen LogP contribution in [0.25, 0.3) is 0 Å². The summed E-state index contributed by atoms with van der Waals surface area (Å²) in [5.41, 5.74) is 1.28. The van der Waals surface area contributed by atoms with Crippen LogP contribution in [0.15, 0.2) is 42.4 Å². The van der Waals surface area contributed by atoms with Gasteiger partial charge in [0.05, 0.1) is 18.1 Å². The number of aryl methyl sites for hydroxylation is 1. The molecule has 0 unspecified atom stereocenters. The number of phenols is 1. The maximum atomic E-state index is 14.7. The molecule has 0 saturated heterocycles. The Morgan fingerprint density at radius 1 is 1.21 bits per heavy atom. The summed E-state index contributed by atoms with van der Waals surface area (Å²) in [5, 5.41) is 19.6. The molecule has 0 saturated carbocycles. The number of halogens is 1. The number of hydrogen-bond acceptors (Lipinski definition) is 6. The third kappa shape index (κ3) is 4.54. The second kappa shape index (κ2) is 7.12. The maximum absolute atomic E-state index is 14.7. The molecular weight excluding hydrogens is 425 g/mol. The lowest BCUT2D eigenvalue weighted by molar-refractivity contribution is 0.392. The molecule has 0 bridgehead atoms. The highest BCUT2D eigenvalue weighted by Gasteiger charge is 2.33. The zero-order valence-corrected chi connectivity index (χ0v) is 17.0. The van der Waals surface area contributed by atoms with Crippen LogP contribution in [0.3, 0.4) is 0 Å². The SMILES string of the molecule is Cc1ccc(Cc2cc(O)c(N3C=C(O)NS3(=O)=O)c(F)c2)c(NS(C)(=O)=O)c1. The van der Waals surface area contributed by atoms with Crippen LogP contribution in [0.1, 0.15) is 16.7 Å². The first kappa shape index (κ1) is 20.7. The van der Waals surface area contributed by atoms with E-state index < -0.39 is 43.4 Å². The molecule has 3 rings (SSSR count). The van der Waals surface area contributed by atoms with Crippen molar-refractivity contribution in [2.45, 2.75) is 13.3 Å². The van der Waals surface area contributed by atoms with Crippen molar-refractivity contribution in [3.63, 3.8) is 0 Å². The highest BCUT2D eigenvalue weighted by molar-refractivity contribution is 7.92. The minimum Gasteiger partial charge on any atom is -0.506 e. The number of nitrogens with one attached hydrogen (secondary N) is 2. The van der Waals surface area contributed by atoms with Crippen molar-refractivity contribution in [3.8, 4) is 5.75 Å². The van der Waals surface area contributed by atoms with Crippen LogP contribution in [-0.4, -0.2) is 33.3 Å². The van der Waals surface area contributed by atoms with E-state index >= 15 is 0 Å². The Bertz CT molecular complexity index is 1200. The fraction of sp³-hybridized carbons (Fsp3) is 0.176. The molecule has 0 radical (unpaired) electrons. The minimum absolute atomic E-state index is 0.0645. The highest BCUT2D eigenvalue weighted by atomic mass is 32.2. The Labute approximate surface area is 167 Å². The third-order valence-corrected chi connectivity index (χ3v) is 5.87. The van der Waals surface area contributed by atoms with Gasteiger partial charge < -0.3 is 10.2 Å². The molecule has 0 amide bonds. The summed E-state index contributed by atoms with van der Waals surface area (Å²) in [4.78, 5) is 0. The summed E-state index contributed by atoms with van der Waals surface area (Å²) < 4.78 is 66.2. The van der Waals surface area contributed by atoms with Crippen LogP contribution in [0.2, 0.25) is 0 Å². The number of phenolic OH excluding ortho intramolecular Hbond substituents is 1. The fourth-order valence-corrected chi connectivity index (χ4v) is 4.56. The first-order valence-electron chi connectivity index (χ1n) is 8.17. The third-order valence-electron chi connectivity index (χ3n) is 4.01. The lowest BCUT2D eigenvalue weighted by atomic mass is 10.0. The van der Waals surface area contributed by atoms with Crippen LogP contribution < -0.4 is 13.7 Å². The number of nitrogens with zero attached hydrogens (tertiary/aromatic N) is 1. The molecule has 156 valence electrons. The molecule has 2 aromatic rings. The van der Waals surface area contributed by atoms with Crippen molar-refractivity contribution in [1.29, 1.82) is 0 Å². The van der Waals surface area contributed by atoms with E-state index in [1.54, 1.807) is 29.8 Å². The largest absolute Gasteiger partial charge is 0.506 e. The summed E-state index contributed by atoms with van der Waals surface area (Å²) in [7, 11) is -7.82. The van der Waals surface area contributed by atoms with Crippen molar-refractivity contribution in [3.05, 3.63) is 64.9 Å². The summed E-state index contributed by atoms with van der Waals surface area (Å²) in [6, 6.07) is 7.24. The molecule has 0 atom stereocenters. The molecule has 4 N–H and O–H groups in total. The summed E-state index contributed by atoms with van der Waals surface area (Å²) >= 11 is 0. The molecule has 12 heteroatoms. The first-order valence-corrected chi connectivity index (χ1v) is 11.5. The van der Waals surface area contributed by atoms with Gasteiger partial charge in [0.2, 0.25) is 15.9 Å². The van der Waals surface area contributed by atoms with Crippen molar-refractivity contribution in [1.82, 2.24) is 4.72 Å². The van der Waals surface area contributed by atoms with Gasteiger partial charge in [-0.2, -0.15) is 8.42 Å². The van der Waals surface area contributed by atoms with E-state index in [4.69, 9.17) is 0 Å². The lowest BCUT2D eigenvalue weighted by Gasteiger charge is -2.18. The average Bonchev–Trinajstić information content (AvgIpc) is 2.80. The number of aliphatic hydroxyl groups is 1. The monoisotopic (exact) mass is 443 g/mol. The van der Waals surface area contributed by atoms with Gasteiger partial charge in [0, 0.05) is 0 Å². The van der Waals surface area contributed by atoms with Crippen molar-refractivity contribution < 1.29 is 31.4 Å². The van der Waals surface area contributed by atoms with Gasteiger partial charge in [0.25, 0.3) is 0 Å². The molecule has 1 aliphatic heterocycles. The molecule has 0 fully saturated rings. The van der Waals surface area contributed by atoms with Gasteiger partial charge >= 0.3 is 10.2 Å². The first-order chi connectivity index (χ1) is 13.4. The average molecular weight is 443 g/mol. The number of benzene rings is 2. The standard InChI is InChI=1S/C17H18FN3O6S2/c1-10-3-4-12(14(5-10)19-28(2,24)25)6-11-7-13(18)17(15(22)8-11)21-9-16(23)20-29(21,26)27/h3-5,7-9,19-20,22-23H,6H2,1-2H3. The Morgan fingerprint density at radius 3 is 2.45 bits per heavy atom. The number of rotatable bonds is 5.